The average Bonchev–Trinajstić information content (AvgIpc) is 2.82. The molecule has 1 N–H and O–H groups in total. The Morgan fingerprint density at radius 1 is 1.38 bits per heavy atom. The number of hydrogen-bond acceptors (Lipinski definition) is 2. The average molecular weight is 306 g/mol. The van der Waals surface area contributed by atoms with Crippen molar-refractivity contribution in [3.8, 4) is 0 Å². The third-order valence-electron chi connectivity index (χ3n) is 3.40. The van der Waals surface area contributed by atoms with Gasteiger partial charge in [0.2, 0.25) is 5.91 Å². The number of rotatable bonds is 6. The quantitative estimate of drug-likeness (QED) is 0.888. The van der Waals surface area contributed by atoms with E-state index in [-0.39, 0.29) is 11.9 Å². The molecule has 0 radical (unpaired) electrons. The second kappa shape index (κ2) is 7.27. The molecule has 4 nitrogen and oxygen atoms in total. The van der Waals surface area contributed by atoms with E-state index in [1.807, 2.05) is 37.3 Å². The first-order chi connectivity index (χ1) is 10.1. The lowest BCUT2D eigenvalue weighted by Crippen LogP contribution is -2.28. The number of aryl methyl sites for hydroxylation is 2. The highest BCUT2D eigenvalue weighted by Gasteiger charge is 2.12. The van der Waals surface area contributed by atoms with E-state index in [1.54, 1.807) is 10.9 Å². The Hall–Kier alpha value is -1.81. The summed E-state index contributed by atoms with van der Waals surface area (Å²) in [5.41, 5.74) is 1.92. The van der Waals surface area contributed by atoms with E-state index in [1.165, 1.54) is 0 Å². The van der Waals surface area contributed by atoms with Gasteiger partial charge in [0.1, 0.15) is 0 Å². The summed E-state index contributed by atoms with van der Waals surface area (Å²) in [5, 5.41) is 7.94. The van der Waals surface area contributed by atoms with Crippen molar-refractivity contribution in [2.24, 2.45) is 0 Å². The van der Waals surface area contributed by atoms with Crippen LogP contribution in [0, 0.1) is 6.92 Å². The van der Waals surface area contributed by atoms with Crippen molar-refractivity contribution in [3.05, 3.63) is 52.8 Å². The Kier molecular flexibility index (Phi) is 5.39. The second-order valence-electron chi connectivity index (χ2n) is 5.01. The number of halogens is 1. The summed E-state index contributed by atoms with van der Waals surface area (Å²) in [4.78, 5) is 12.1. The molecule has 0 fully saturated rings. The number of carbonyl (C=O) groups is 1. The first kappa shape index (κ1) is 15.6. The monoisotopic (exact) mass is 305 g/mol. The van der Waals surface area contributed by atoms with Gasteiger partial charge in [-0.2, -0.15) is 5.10 Å². The van der Waals surface area contributed by atoms with Gasteiger partial charge >= 0.3 is 0 Å². The maximum Gasteiger partial charge on any atom is 0.222 e. The van der Waals surface area contributed by atoms with Gasteiger partial charge in [0, 0.05) is 19.2 Å². The summed E-state index contributed by atoms with van der Waals surface area (Å²) in [6, 6.07) is 10.1. The lowest BCUT2D eigenvalue weighted by Gasteiger charge is -2.17. The van der Waals surface area contributed by atoms with Crippen LogP contribution < -0.4 is 5.32 Å². The minimum Gasteiger partial charge on any atom is -0.349 e. The molecule has 0 spiro atoms. The van der Waals surface area contributed by atoms with E-state index in [2.05, 4.69) is 17.3 Å². The van der Waals surface area contributed by atoms with Gasteiger partial charge in [-0.25, -0.2) is 0 Å². The Morgan fingerprint density at radius 3 is 2.67 bits per heavy atom. The van der Waals surface area contributed by atoms with Gasteiger partial charge < -0.3 is 5.32 Å². The van der Waals surface area contributed by atoms with E-state index < -0.39 is 0 Å². The molecule has 21 heavy (non-hydrogen) atoms. The maximum atomic E-state index is 12.1. The molecule has 2 rings (SSSR count). The summed E-state index contributed by atoms with van der Waals surface area (Å²) in [7, 11) is 0. The van der Waals surface area contributed by atoms with Crippen LogP contribution in [-0.4, -0.2) is 15.7 Å². The molecule has 0 saturated heterocycles. The third-order valence-corrected chi connectivity index (χ3v) is 3.77. The molecule has 0 saturated carbocycles. The predicted molar refractivity (Wildman–Crippen MR) is 84.2 cm³/mol. The summed E-state index contributed by atoms with van der Waals surface area (Å²) in [6.45, 7) is 4.45. The predicted octanol–water partition coefficient (Wildman–Crippen LogP) is 3.50. The fourth-order valence-corrected chi connectivity index (χ4v) is 2.35. The van der Waals surface area contributed by atoms with E-state index in [0.717, 1.165) is 17.7 Å². The smallest absolute Gasteiger partial charge is 0.222 e. The Morgan fingerprint density at radius 2 is 2.10 bits per heavy atom. The first-order valence-electron chi connectivity index (χ1n) is 7.14. The molecule has 1 aromatic carbocycles. The molecule has 0 aliphatic rings. The molecule has 0 aliphatic carbocycles. The first-order valence-corrected chi connectivity index (χ1v) is 7.51. The zero-order chi connectivity index (χ0) is 15.2. The van der Waals surface area contributed by atoms with Crippen LogP contribution in [0.3, 0.4) is 0 Å². The fourth-order valence-electron chi connectivity index (χ4n) is 2.20. The van der Waals surface area contributed by atoms with Gasteiger partial charge in [-0.05, 0) is 18.9 Å². The van der Waals surface area contributed by atoms with Crippen molar-refractivity contribution in [1.82, 2.24) is 15.1 Å². The standard InChI is InChI=1S/C16H20ClN3O/c1-3-15(13-7-5-4-6-8-13)18-16(21)9-10-20-11-14(17)12(2)19-20/h4-8,11,15H,3,9-10H2,1-2H3,(H,18,21). The van der Waals surface area contributed by atoms with Gasteiger partial charge in [0.05, 0.1) is 16.8 Å². The number of nitrogens with zero attached hydrogens (tertiary/aromatic N) is 2. The molecule has 1 aromatic heterocycles. The topological polar surface area (TPSA) is 46.9 Å². The number of nitrogens with one attached hydrogen (secondary N) is 1. The molecule has 0 bridgehead atoms. The van der Waals surface area contributed by atoms with Crippen LogP contribution in [0.2, 0.25) is 5.02 Å². The van der Waals surface area contributed by atoms with Crippen LogP contribution >= 0.6 is 11.6 Å². The number of aromatic nitrogens is 2. The van der Waals surface area contributed by atoms with Crippen molar-refractivity contribution < 1.29 is 4.79 Å². The molecular weight excluding hydrogens is 286 g/mol. The zero-order valence-corrected chi connectivity index (χ0v) is 13.1. The molecular formula is C16H20ClN3O. The fraction of sp³-hybridized carbons (Fsp3) is 0.375. The van der Waals surface area contributed by atoms with Crippen LogP contribution in [0.5, 0.6) is 0 Å². The normalized spacial score (nSPS) is 12.1. The largest absolute Gasteiger partial charge is 0.349 e. The van der Waals surface area contributed by atoms with Crippen LogP contribution in [0.1, 0.15) is 37.1 Å². The van der Waals surface area contributed by atoms with E-state index in [4.69, 9.17) is 11.6 Å². The van der Waals surface area contributed by atoms with Gasteiger partial charge in [0.15, 0.2) is 0 Å². The van der Waals surface area contributed by atoms with Crippen LogP contribution in [0.25, 0.3) is 0 Å². The maximum absolute atomic E-state index is 12.1. The minimum absolute atomic E-state index is 0.0231. The van der Waals surface area contributed by atoms with Crippen molar-refractivity contribution in [2.45, 2.75) is 39.3 Å². The molecule has 1 atom stereocenters. The summed E-state index contributed by atoms with van der Waals surface area (Å²) < 4.78 is 1.71. The highest BCUT2D eigenvalue weighted by Crippen LogP contribution is 2.16. The number of hydrogen-bond donors (Lipinski definition) is 1. The lowest BCUT2D eigenvalue weighted by molar-refractivity contribution is -0.122. The van der Waals surface area contributed by atoms with Crippen LogP contribution in [0.4, 0.5) is 0 Å². The molecule has 112 valence electrons. The molecule has 1 amide bonds. The second-order valence-corrected chi connectivity index (χ2v) is 5.42. The highest BCUT2D eigenvalue weighted by atomic mass is 35.5. The number of amides is 1. The van der Waals surface area contributed by atoms with Gasteiger partial charge in [0.25, 0.3) is 0 Å². The van der Waals surface area contributed by atoms with Gasteiger partial charge in [-0.1, -0.05) is 48.9 Å². The molecule has 5 heteroatoms. The molecule has 2 aromatic rings. The molecule has 0 aliphatic heterocycles. The van der Waals surface area contributed by atoms with E-state index >= 15 is 0 Å². The Labute approximate surface area is 130 Å². The third kappa shape index (κ3) is 4.33. The van der Waals surface area contributed by atoms with Crippen molar-refractivity contribution in [3.63, 3.8) is 0 Å². The summed E-state index contributed by atoms with van der Waals surface area (Å²) in [6.07, 6.45) is 3.00. The number of benzene rings is 1. The van der Waals surface area contributed by atoms with E-state index in [0.29, 0.717) is 18.0 Å². The summed E-state index contributed by atoms with van der Waals surface area (Å²) >= 11 is 5.95. The van der Waals surface area contributed by atoms with Crippen molar-refractivity contribution in [1.29, 1.82) is 0 Å². The van der Waals surface area contributed by atoms with Crippen LogP contribution in [-0.2, 0) is 11.3 Å². The van der Waals surface area contributed by atoms with Gasteiger partial charge in [-0.3, -0.25) is 9.48 Å². The minimum atomic E-state index is 0.0231. The molecule has 1 unspecified atom stereocenters. The molecule has 1 heterocycles. The highest BCUT2D eigenvalue weighted by molar-refractivity contribution is 6.31. The van der Waals surface area contributed by atoms with Crippen molar-refractivity contribution >= 4 is 17.5 Å². The zero-order valence-electron chi connectivity index (χ0n) is 12.3. The summed E-state index contributed by atoms with van der Waals surface area (Å²) in [5.74, 6) is 0.0231. The lowest BCUT2D eigenvalue weighted by atomic mass is 10.0. The Balaban J connectivity index is 1.88. The van der Waals surface area contributed by atoms with Gasteiger partial charge in [-0.15, -0.1) is 0 Å². The SMILES string of the molecule is CCC(NC(=O)CCn1cc(Cl)c(C)n1)c1ccccc1. The van der Waals surface area contributed by atoms with Crippen LogP contribution in [0.15, 0.2) is 36.5 Å². The Bertz CT molecular complexity index is 575. The number of carbonyl (C=O) groups excluding carboxylic acids is 1. The van der Waals surface area contributed by atoms with Crippen molar-refractivity contribution in [2.75, 3.05) is 0 Å². The van der Waals surface area contributed by atoms with E-state index in [9.17, 15) is 4.79 Å².